The Labute approximate surface area is 60.0 Å². The van der Waals surface area contributed by atoms with E-state index < -0.39 is 0 Å². The number of hydrogen-bond donors (Lipinski definition) is 0. The summed E-state index contributed by atoms with van der Waals surface area (Å²) in [6.45, 7) is 0.675. The van der Waals surface area contributed by atoms with Gasteiger partial charge in [0.1, 0.15) is 0 Å². The van der Waals surface area contributed by atoms with Crippen molar-refractivity contribution in [2.75, 3.05) is 33.5 Å². The van der Waals surface area contributed by atoms with Crippen molar-refractivity contribution in [3.05, 3.63) is 0 Å². The molecule has 10 heavy (non-hydrogen) atoms. The first-order valence-electron chi connectivity index (χ1n) is 3.58. The minimum absolute atomic E-state index is 0.0602. The molecule has 3 heteroatoms. The zero-order valence-electron chi connectivity index (χ0n) is 6.19. The molecule has 1 saturated heterocycles. The van der Waals surface area contributed by atoms with E-state index in [4.69, 9.17) is 0 Å². The van der Waals surface area contributed by atoms with Crippen molar-refractivity contribution in [2.45, 2.75) is 0 Å². The van der Waals surface area contributed by atoms with E-state index in [1.54, 1.807) is 0 Å². The van der Waals surface area contributed by atoms with Gasteiger partial charge in [0.2, 0.25) is 0 Å². The summed E-state index contributed by atoms with van der Waals surface area (Å²) < 4.78 is 24.2. The van der Waals surface area contributed by atoms with Crippen LogP contribution in [0, 0.1) is 11.8 Å². The van der Waals surface area contributed by atoms with Gasteiger partial charge in [-0.25, -0.2) is 0 Å². The number of likely N-dealkylation sites (tertiary alicyclic amines) is 1. The predicted molar refractivity (Wildman–Crippen MR) is 36.4 cm³/mol. The van der Waals surface area contributed by atoms with Crippen LogP contribution in [-0.2, 0) is 0 Å². The summed E-state index contributed by atoms with van der Waals surface area (Å²) in [5, 5.41) is 0. The molecule has 0 aromatic rings. The van der Waals surface area contributed by atoms with Crippen molar-refractivity contribution in [1.82, 2.24) is 4.90 Å². The fourth-order valence-electron chi connectivity index (χ4n) is 1.52. The van der Waals surface area contributed by atoms with E-state index in [9.17, 15) is 8.78 Å². The number of hydrogen-bond acceptors (Lipinski definition) is 1. The highest BCUT2D eigenvalue weighted by molar-refractivity contribution is 4.81. The Hall–Kier alpha value is -0.180. The minimum Gasteiger partial charge on any atom is -0.306 e. The molecule has 0 N–H and O–H groups in total. The van der Waals surface area contributed by atoms with Gasteiger partial charge < -0.3 is 4.90 Å². The quantitative estimate of drug-likeness (QED) is 0.568. The van der Waals surface area contributed by atoms with Gasteiger partial charge in [-0.1, -0.05) is 0 Å². The third-order valence-electron chi connectivity index (χ3n) is 2.16. The molecule has 2 atom stereocenters. The second-order valence-electron chi connectivity index (χ2n) is 3.05. The Morgan fingerprint density at radius 2 is 1.60 bits per heavy atom. The fraction of sp³-hybridized carbons (Fsp3) is 1.00. The predicted octanol–water partition coefficient (Wildman–Crippen LogP) is 1.10. The summed E-state index contributed by atoms with van der Waals surface area (Å²) in [6.07, 6.45) is 0. The molecule has 0 aliphatic carbocycles. The SMILES string of the molecule is CN1CC(CF)C(CF)C1. The molecule has 1 fully saturated rings. The van der Waals surface area contributed by atoms with E-state index in [-0.39, 0.29) is 25.2 Å². The zero-order valence-corrected chi connectivity index (χ0v) is 6.19. The van der Waals surface area contributed by atoms with E-state index in [2.05, 4.69) is 0 Å². The Morgan fingerprint density at radius 3 is 1.90 bits per heavy atom. The smallest absolute Gasteiger partial charge is 0.0938 e. The maximum absolute atomic E-state index is 12.1. The highest BCUT2D eigenvalue weighted by Crippen LogP contribution is 2.22. The molecule has 2 unspecified atom stereocenters. The van der Waals surface area contributed by atoms with Crippen LogP contribution in [0.3, 0.4) is 0 Å². The second-order valence-corrected chi connectivity index (χ2v) is 3.05. The van der Waals surface area contributed by atoms with Crippen molar-refractivity contribution < 1.29 is 8.78 Å². The van der Waals surface area contributed by atoms with Crippen molar-refractivity contribution in [1.29, 1.82) is 0 Å². The molecule has 0 saturated carbocycles. The van der Waals surface area contributed by atoms with Crippen LogP contribution in [0.2, 0.25) is 0 Å². The monoisotopic (exact) mass is 149 g/mol. The molecule has 1 aliphatic rings. The lowest BCUT2D eigenvalue weighted by Crippen LogP contribution is -2.15. The van der Waals surface area contributed by atoms with Crippen molar-refractivity contribution in [3.63, 3.8) is 0 Å². The van der Waals surface area contributed by atoms with Crippen LogP contribution in [-0.4, -0.2) is 38.4 Å². The molecule has 1 nitrogen and oxygen atoms in total. The Balaban J connectivity index is 2.41. The molecule has 0 aromatic carbocycles. The number of halogens is 2. The molecule has 1 aliphatic heterocycles. The van der Waals surface area contributed by atoms with Crippen molar-refractivity contribution in [3.8, 4) is 0 Å². The number of alkyl halides is 2. The Morgan fingerprint density at radius 1 is 1.20 bits per heavy atom. The van der Waals surface area contributed by atoms with Crippen LogP contribution >= 0.6 is 0 Å². The summed E-state index contributed by atoms with van der Waals surface area (Å²) in [7, 11) is 1.90. The van der Waals surface area contributed by atoms with Gasteiger partial charge in [0, 0.05) is 24.9 Å². The third-order valence-corrected chi connectivity index (χ3v) is 2.16. The molecule has 60 valence electrons. The fourth-order valence-corrected chi connectivity index (χ4v) is 1.52. The van der Waals surface area contributed by atoms with E-state index >= 15 is 0 Å². The first-order chi connectivity index (χ1) is 4.77. The lowest BCUT2D eigenvalue weighted by atomic mass is 9.99. The van der Waals surface area contributed by atoms with Gasteiger partial charge in [-0.15, -0.1) is 0 Å². The second kappa shape index (κ2) is 3.28. The molecule has 0 amide bonds. The Bertz CT molecular complexity index is 95.8. The lowest BCUT2D eigenvalue weighted by molar-refractivity contribution is 0.265. The molecular weight excluding hydrogens is 136 g/mol. The van der Waals surface area contributed by atoms with Crippen LogP contribution in [0.25, 0.3) is 0 Å². The Kier molecular flexibility index (Phi) is 2.60. The largest absolute Gasteiger partial charge is 0.306 e. The summed E-state index contributed by atoms with van der Waals surface area (Å²) in [5.41, 5.74) is 0. The van der Waals surface area contributed by atoms with Gasteiger partial charge in [0.05, 0.1) is 13.3 Å². The van der Waals surface area contributed by atoms with Gasteiger partial charge >= 0.3 is 0 Å². The molecule has 0 spiro atoms. The molecular formula is C7H13F2N. The maximum Gasteiger partial charge on any atom is 0.0938 e. The summed E-state index contributed by atoms with van der Waals surface area (Å²) in [5.74, 6) is -0.120. The summed E-state index contributed by atoms with van der Waals surface area (Å²) in [6, 6.07) is 0. The number of nitrogens with zero attached hydrogens (tertiary/aromatic N) is 1. The van der Waals surface area contributed by atoms with Gasteiger partial charge in [-0.05, 0) is 7.05 Å². The van der Waals surface area contributed by atoms with E-state index in [0.717, 1.165) is 0 Å². The van der Waals surface area contributed by atoms with Crippen LogP contribution in [0.4, 0.5) is 8.78 Å². The van der Waals surface area contributed by atoms with Gasteiger partial charge in [0.25, 0.3) is 0 Å². The average molecular weight is 149 g/mol. The first-order valence-corrected chi connectivity index (χ1v) is 3.58. The molecule has 0 aromatic heterocycles. The van der Waals surface area contributed by atoms with Crippen LogP contribution in [0.5, 0.6) is 0 Å². The van der Waals surface area contributed by atoms with Crippen LogP contribution in [0.1, 0.15) is 0 Å². The van der Waals surface area contributed by atoms with Gasteiger partial charge in [-0.3, -0.25) is 8.78 Å². The molecule has 0 bridgehead atoms. The topological polar surface area (TPSA) is 3.24 Å². The maximum atomic E-state index is 12.1. The lowest BCUT2D eigenvalue weighted by Gasteiger charge is -2.08. The average Bonchev–Trinajstić information content (AvgIpc) is 2.30. The van der Waals surface area contributed by atoms with E-state index in [1.807, 2.05) is 11.9 Å². The normalized spacial score (nSPS) is 35.1. The molecule has 0 radical (unpaired) electrons. The highest BCUT2D eigenvalue weighted by atomic mass is 19.1. The highest BCUT2D eigenvalue weighted by Gasteiger charge is 2.30. The van der Waals surface area contributed by atoms with Gasteiger partial charge in [0.15, 0.2) is 0 Å². The number of rotatable bonds is 2. The summed E-state index contributed by atoms with van der Waals surface area (Å²) >= 11 is 0. The van der Waals surface area contributed by atoms with Crippen LogP contribution in [0.15, 0.2) is 0 Å². The zero-order chi connectivity index (χ0) is 7.56. The van der Waals surface area contributed by atoms with E-state index in [0.29, 0.717) is 13.1 Å². The van der Waals surface area contributed by atoms with E-state index in [1.165, 1.54) is 0 Å². The van der Waals surface area contributed by atoms with Crippen molar-refractivity contribution in [2.24, 2.45) is 11.8 Å². The van der Waals surface area contributed by atoms with Crippen molar-refractivity contribution >= 4 is 0 Å². The first kappa shape index (κ1) is 7.92. The van der Waals surface area contributed by atoms with Crippen LogP contribution < -0.4 is 0 Å². The molecule has 1 heterocycles. The molecule has 1 rings (SSSR count). The third kappa shape index (κ3) is 1.45. The standard InChI is InChI=1S/C7H13F2N/c1-10-4-6(2-8)7(3-9)5-10/h6-7H,2-5H2,1H3. The van der Waals surface area contributed by atoms with Gasteiger partial charge in [-0.2, -0.15) is 0 Å². The minimum atomic E-state index is -0.376. The summed E-state index contributed by atoms with van der Waals surface area (Å²) in [4.78, 5) is 1.98.